The molecule has 1 saturated carbocycles. The quantitative estimate of drug-likeness (QED) is 0.906. The van der Waals surface area contributed by atoms with Crippen molar-refractivity contribution in [3.05, 3.63) is 53.9 Å². The fourth-order valence-corrected chi connectivity index (χ4v) is 2.97. The van der Waals surface area contributed by atoms with Crippen LogP contribution in [0.5, 0.6) is 0 Å². The smallest absolute Gasteiger partial charge is 0.0640 e. The molecule has 1 fully saturated rings. The third kappa shape index (κ3) is 2.38. The summed E-state index contributed by atoms with van der Waals surface area (Å²) in [6.45, 7) is 4.28. The predicted molar refractivity (Wildman–Crippen MR) is 81.6 cm³/mol. The molecule has 0 spiro atoms. The molecule has 1 atom stereocenters. The van der Waals surface area contributed by atoms with Gasteiger partial charge in [-0.25, -0.2) is 0 Å². The maximum absolute atomic E-state index is 6.51. The third-order valence-electron chi connectivity index (χ3n) is 4.47. The molecule has 106 valence electrons. The zero-order valence-electron chi connectivity index (χ0n) is 12.3. The fourth-order valence-electron chi connectivity index (χ4n) is 2.97. The molecule has 0 bridgehead atoms. The van der Waals surface area contributed by atoms with Gasteiger partial charge in [0.15, 0.2) is 0 Å². The third-order valence-corrected chi connectivity index (χ3v) is 4.47. The maximum Gasteiger partial charge on any atom is 0.0640 e. The van der Waals surface area contributed by atoms with E-state index in [2.05, 4.69) is 61.5 Å². The summed E-state index contributed by atoms with van der Waals surface area (Å²) >= 11 is 0. The molecule has 1 aromatic carbocycles. The van der Waals surface area contributed by atoms with E-state index in [1.54, 1.807) is 0 Å². The Morgan fingerprint density at radius 3 is 2.45 bits per heavy atom. The van der Waals surface area contributed by atoms with Gasteiger partial charge in [0.05, 0.1) is 5.69 Å². The molecule has 1 unspecified atom stereocenters. The van der Waals surface area contributed by atoms with Crippen LogP contribution in [0.3, 0.4) is 0 Å². The molecule has 1 aliphatic rings. The molecule has 0 aliphatic heterocycles. The van der Waals surface area contributed by atoms with E-state index >= 15 is 0 Å². The lowest BCUT2D eigenvalue weighted by Gasteiger charge is -2.23. The SMILES string of the molecule is CC(C)n1ccc(CC(N)C2(c3ccccc3)CC2)n1. The van der Waals surface area contributed by atoms with E-state index in [0.717, 1.165) is 12.1 Å². The molecule has 2 aromatic rings. The van der Waals surface area contributed by atoms with Crippen LogP contribution in [0, 0.1) is 0 Å². The summed E-state index contributed by atoms with van der Waals surface area (Å²) in [5, 5.41) is 4.62. The van der Waals surface area contributed by atoms with E-state index in [-0.39, 0.29) is 11.5 Å². The Balaban J connectivity index is 1.74. The van der Waals surface area contributed by atoms with Gasteiger partial charge in [0.1, 0.15) is 0 Å². The van der Waals surface area contributed by atoms with Crippen molar-refractivity contribution in [2.45, 2.75) is 50.6 Å². The van der Waals surface area contributed by atoms with Gasteiger partial charge in [-0.2, -0.15) is 5.10 Å². The average molecular weight is 269 g/mol. The molecular formula is C17H23N3. The van der Waals surface area contributed by atoms with Crippen molar-refractivity contribution in [1.82, 2.24) is 9.78 Å². The van der Waals surface area contributed by atoms with Crippen LogP contribution in [-0.2, 0) is 11.8 Å². The van der Waals surface area contributed by atoms with Gasteiger partial charge in [0.25, 0.3) is 0 Å². The first kappa shape index (κ1) is 13.4. The zero-order chi connectivity index (χ0) is 14.2. The molecule has 3 rings (SSSR count). The standard InChI is InChI=1S/C17H23N3/c1-13(2)20-11-8-15(19-20)12-16(18)17(9-10-17)14-6-4-3-5-7-14/h3-8,11,13,16H,9-10,12,18H2,1-2H3. The van der Waals surface area contributed by atoms with Crippen LogP contribution >= 0.6 is 0 Å². The second-order valence-corrected chi connectivity index (χ2v) is 6.21. The Kier molecular flexibility index (Phi) is 3.38. The number of benzene rings is 1. The van der Waals surface area contributed by atoms with Gasteiger partial charge in [-0.1, -0.05) is 30.3 Å². The first-order valence-corrected chi connectivity index (χ1v) is 7.47. The van der Waals surface area contributed by atoms with Crippen molar-refractivity contribution in [3.8, 4) is 0 Å². The van der Waals surface area contributed by atoms with Gasteiger partial charge >= 0.3 is 0 Å². The van der Waals surface area contributed by atoms with Crippen molar-refractivity contribution in [3.63, 3.8) is 0 Å². The second kappa shape index (κ2) is 5.06. The van der Waals surface area contributed by atoms with E-state index in [9.17, 15) is 0 Å². The van der Waals surface area contributed by atoms with Crippen LogP contribution in [0.1, 0.15) is 44.0 Å². The van der Waals surface area contributed by atoms with E-state index < -0.39 is 0 Å². The number of aromatic nitrogens is 2. The Bertz CT molecular complexity index is 567. The number of hydrogen-bond donors (Lipinski definition) is 1. The maximum atomic E-state index is 6.51. The summed E-state index contributed by atoms with van der Waals surface area (Å²) in [5.41, 5.74) is 9.19. The molecule has 0 saturated heterocycles. The molecule has 3 nitrogen and oxygen atoms in total. The van der Waals surface area contributed by atoms with Crippen LogP contribution in [0.2, 0.25) is 0 Å². The van der Waals surface area contributed by atoms with Crippen LogP contribution in [-0.4, -0.2) is 15.8 Å². The van der Waals surface area contributed by atoms with Crippen molar-refractivity contribution >= 4 is 0 Å². The minimum Gasteiger partial charge on any atom is -0.327 e. The summed E-state index contributed by atoms with van der Waals surface area (Å²) in [6, 6.07) is 13.4. The lowest BCUT2D eigenvalue weighted by Crippen LogP contribution is -2.37. The Hall–Kier alpha value is -1.61. The zero-order valence-corrected chi connectivity index (χ0v) is 12.3. The van der Waals surface area contributed by atoms with Crippen LogP contribution in [0.4, 0.5) is 0 Å². The van der Waals surface area contributed by atoms with Gasteiger partial charge in [-0.3, -0.25) is 4.68 Å². The van der Waals surface area contributed by atoms with Crippen molar-refractivity contribution < 1.29 is 0 Å². The second-order valence-electron chi connectivity index (χ2n) is 6.21. The summed E-state index contributed by atoms with van der Waals surface area (Å²) in [4.78, 5) is 0. The Morgan fingerprint density at radius 1 is 1.20 bits per heavy atom. The molecule has 3 heteroatoms. The normalized spacial score (nSPS) is 18.2. The molecule has 2 N–H and O–H groups in total. The molecule has 0 amide bonds. The monoisotopic (exact) mass is 269 g/mol. The lowest BCUT2D eigenvalue weighted by molar-refractivity contribution is 0.490. The highest BCUT2D eigenvalue weighted by atomic mass is 15.3. The van der Waals surface area contributed by atoms with Gasteiger partial charge < -0.3 is 5.73 Å². The van der Waals surface area contributed by atoms with Crippen LogP contribution in [0.15, 0.2) is 42.6 Å². The first-order valence-electron chi connectivity index (χ1n) is 7.47. The largest absolute Gasteiger partial charge is 0.327 e. The van der Waals surface area contributed by atoms with E-state index in [1.807, 2.05) is 4.68 Å². The van der Waals surface area contributed by atoms with Crippen molar-refractivity contribution in [1.29, 1.82) is 0 Å². The lowest BCUT2D eigenvalue weighted by atomic mass is 9.86. The average Bonchev–Trinajstić information content (AvgIpc) is 3.14. The molecule has 1 aliphatic carbocycles. The van der Waals surface area contributed by atoms with E-state index in [4.69, 9.17) is 5.73 Å². The molecular weight excluding hydrogens is 246 g/mol. The predicted octanol–water partition coefficient (Wildman–Crippen LogP) is 3.07. The number of hydrogen-bond acceptors (Lipinski definition) is 2. The minimum atomic E-state index is 0.153. The Morgan fingerprint density at radius 2 is 1.90 bits per heavy atom. The summed E-state index contributed by atoms with van der Waals surface area (Å²) < 4.78 is 2.00. The molecule has 1 aromatic heterocycles. The minimum absolute atomic E-state index is 0.153. The van der Waals surface area contributed by atoms with Gasteiger partial charge in [-0.05, 0) is 38.3 Å². The summed E-state index contributed by atoms with van der Waals surface area (Å²) in [7, 11) is 0. The van der Waals surface area contributed by atoms with E-state index in [0.29, 0.717) is 6.04 Å². The topological polar surface area (TPSA) is 43.8 Å². The van der Waals surface area contributed by atoms with Crippen LogP contribution in [0.25, 0.3) is 0 Å². The van der Waals surface area contributed by atoms with Crippen LogP contribution < -0.4 is 5.73 Å². The molecule has 0 radical (unpaired) electrons. The summed E-state index contributed by atoms with van der Waals surface area (Å²) in [6.07, 6.45) is 5.30. The fraction of sp³-hybridized carbons (Fsp3) is 0.471. The highest BCUT2D eigenvalue weighted by molar-refractivity contribution is 5.34. The number of nitrogens with two attached hydrogens (primary N) is 1. The van der Waals surface area contributed by atoms with Gasteiger partial charge in [0.2, 0.25) is 0 Å². The van der Waals surface area contributed by atoms with E-state index in [1.165, 1.54) is 18.4 Å². The highest BCUT2D eigenvalue weighted by Crippen LogP contribution is 2.50. The van der Waals surface area contributed by atoms with Gasteiger partial charge in [0, 0.05) is 30.1 Å². The molecule has 1 heterocycles. The summed E-state index contributed by atoms with van der Waals surface area (Å²) in [5.74, 6) is 0. The van der Waals surface area contributed by atoms with Crippen molar-refractivity contribution in [2.24, 2.45) is 5.73 Å². The number of rotatable bonds is 5. The first-order chi connectivity index (χ1) is 9.62. The number of nitrogens with zero attached hydrogens (tertiary/aromatic N) is 2. The Labute approximate surface area is 120 Å². The van der Waals surface area contributed by atoms with Crippen molar-refractivity contribution in [2.75, 3.05) is 0 Å². The highest BCUT2D eigenvalue weighted by Gasteiger charge is 2.49. The molecule has 20 heavy (non-hydrogen) atoms. The van der Waals surface area contributed by atoms with Gasteiger partial charge in [-0.15, -0.1) is 0 Å².